The number of rotatable bonds is 13. The Hall–Kier alpha value is -0.800. The number of carbonyl (C=O) groups is 1. The lowest BCUT2D eigenvalue weighted by Crippen LogP contribution is -2.28. The summed E-state index contributed by atoms with van der Waals surface area (Å²) in [7, 11) is 3.75. The normalized spacial score (nSPS) is 13.0. The first kappa shape index (κ1) is 22.5. The van der Waals surface area contributed by atoms with Gasteiger partial charge in [0.25, 0.3) is 0 Å². The SMILES string of the molecule is CC(COCC(F)CNC=O)OCCOCCN.CNC. The maximum Gasteiger partial charge on any atom is 0.207 e. The lowest BCUT2D eigenvalue weighted by molar-refractivity contribution is -0.109. The highest BCUT2D eigenvalue weighted by atomic mass is 19.1. The third-order valence-electron chi connectivity index (χ3n) is 1.97. The van der Waals surface area contributed by atoms with Gasteiger partial charge in [0.15, 0.2) is 0 Å². The smallest absolute Gasteiger partial charge is 0.207 e. The number of carbonyl (C=O) groups excluding carboxylic acids is 1. The lowest BCUT2D eigenvalue weighted by atomic mass is 10.4. The molecule has 2 unspecified atom stereocenters. The van der Waals surface area contributed by atoms with Crippen molar-refractivity contribution in [3.63, 3.8) is 0 Å². The van der Waals surface area contributed by atoms with Crippen LogP contribution in [0.5, 0.6) is 0 Å². The Kier molecular flexibility index (Phi) is 20.6. The van der Waals surface area contributed by atoms with Crippen molar-refractivity contribution in [3.8, 4) is 0 Å². The van der Waals surface area contributed by atoms with Gasteiger partial charge in [-0.2, -0.15) is 0 Å². The fourth-order valence-electron chi connectivity index (χ4n) is 1.14. The number of halogens is 1. The van der Waals surface area contributed by atoms with Crippen LogP contribution in [0.25, 0.3) is 0 Å². The van der Waals surface area contributed by atoms with E-state index in [1.807, 2.05) is 21.0 Å². The molecule has 0 bridgehead atoms. The Morgan fingerprint density at radius 1 is 1.19 bits per heavy atom. The zero-order valence-electron chi connectivity index (χ0n) is 13.3. The molecule has 7 nitrogen and oxygen atoms in total. The molecular weight excluding hydrogens is 281 g/mol. The summed E-state index contributed by atoms with van der Waals surface area (Å²) in [4.78, 5) is 9.93. The van der Waals surface area contributed by atoms with Crippen LogP contribution in [0.2, 0.25) is 0 Å². The second-order valence-corrected chi connectivity index (χ2v) is 4.24. The fourth-order valence-corrected chi connectivity index (χ4v) is 1.14. The molecule has 0 saturated heterocycles. The van der Waals surface area contributed by atoms with Gasteiger partial charge in [0.1, 0.15) is 6.17 Å². The minimum atomic E-state index is -1.20. The first-order chi connectivity index (χ1) is 10.1. The van der Waals surface area contributed by atoms with Crippen LogP contribution in [-0.2, 0) is 19.0 Å². The van der Waals surface area contributed by atoms with Crippen LogP contribution in [0.1, 0.15) is 6.92 Å². The van der Waals surface area contributed by atoms with Gasteiger partial charge < -0.3 is 30.6 Å². The van der Waals surface area contributed by atoms with Gasteiger partial charge in [0, 0.05) is 6.54 Å². The van der Waals surface area contributed by atoms with Crippen molar-refractivity contribution in [2.45, 2.75) is 19.2 Å². The van der Waals surface area contributed by atoms with Gasteiger partial charge in [-0.25, -0.2) is 4.39 Å². The maximum absolute atomic E-state index is 13.0. The molecule has 4 N–H and O–H groups in total. The van der Waals surface area contributed by atoms with Crippen molar-refractivity contribution in [1.29, 1.82) is 0 Å². The highest BCUT2D eigenvalue weighted by Crippen LogP contribution is 1.95. The molecule has 0 aromatic carbocycles. The summed E-state index contributed by atoms with van der Waals surface area (Å²) in [6.07, 6.45) is -0.868. The summed E-state index contributed by atoms with van der Waals surface area (Å²) in [6.45, 7) is 3.99. The van der Waals surface area contributed by atoms with Crippen molar-refractivity contribution < 1.29 is 23.4 Å². The van der Waals surface area contributed by atoms with Crippen LogP contribution < -0.4 is 16.4 Å². The molecule has 1 amide bonds. The number of ether oxygens (including phenoxy) is 3. The zero-order valence-corrected chi connectivity index (χ0v) is 13.3. The molecule has 0 fully saturated rings. The average Bonchev–Trinajstić information content (AvgIpc) is 2.45. The van der Waals surface area contributed by atoms with Gasteiger partial charge in [-0.05, 0) is 21.0 Å². The van der Waals surface area contributed by atoms with E-state index < -0.39 is 6.17 Å². The van der Waals surface area contributed by atoms with E-state index in [1.165, 1.54) is 0 Å². The van der Waals surface area contributed by atoms with Crippen molar-refractivity contribution in [1.82, 2.24) is 10.6 Å². The number of amides is 1. The van der Waals surface area contributed by atoms with E-state index in [-0.39, 0.29) is 19.3 Å². The predicted octanol–water partition coefficient (Wildman–Crippen LogP) is -0.697. The number of nitrogens with one attached hydrogen (secondary N) is 2. The second-order valence-electron chi connectivity index (χ2n) is 4.24. The third-order valence-corrected chi connectivity index (χ3v) is 1.97. The highest BCUT2D eigenvalue weighted by Gasteiger charge is 2.08. The molecule has 128 valence electrons. The molecule has 0 aliphatic heterocycles. The van der Waals surface area contributed by atoms with Gasteiger partial charge in [0.2, 0.25) is 6.41 Å². The third kappa shape index (κ3) is 21.6. The van der Waals surface area contributed by atoms with Crippen molar-refractivity contribution in [2.24, 2.45) is 5.73 Å². The summed E-state index contributed by atoms with van der Waals surface area (Å²) in [5.74, 6) is 0. The standard InChI is InChI=1S/C11H23FN2O4.C2H7N/c1-10(18-5-4-16-3-2-13)7-17-8-11(12)6-14-9-15;1-3-2/h9-11H,2-8,13H2,1H3,(H,14,15);3H,1-2H3. The van der Waals surface area contributed by atoms with Gasteiger partial charge in [-0.15, -0.1) is 0 Å². The molecule has 0 saturated carbocycles. The molecule has 2 atom stereocenters. The zero-order chi connectivity index (χ0) is 16.3. The molecule has 0 spiro atoms. The number of hydrogen-bond acceptors (Lipinski definition) is 6. The molecule has 0 aromatic rings. The van der Waals surface area contributed by atoms with Crippen molar-refractivity contribution >= 4 is 6.41 Å². The van der Waals surface area contributed by atoms with Crippen LogP contribution >= 0.6 is 0 Å². The Morgan fingerprint density at radius 3 is 2.43 bits per heavy atom. The lowest BCUT2D eigenvalue weighted by Gasteiger charge is -2.14. The summed E-state index contributed by atoms with van der Waals surface area (Å²) in [5.41, 5.74) is 5.25. The second kappa shape index (κ2) is 19.2. The summed E-state index contributed by atoms with van der Waals surface area (Å²) < 4.78 is 28.6. The molecule has 0 aromatic heterocycles. The quantitative estimate of drug-likeness (QED) is 0.308. The Balaban J connectivity index is 0. The van der Waals surface area contributed by atoms with Gasteiger partial charge in [-0.1, -0.05) is 0 Å². The van der Waals surface area contributed by atoms with Crippen molar-refractivity contribution in [2.75, 3.05) is 60.2 Å². The highest BCUT2D eigenvalue weighted by molar-refractivity contribution is 5.45. The van der Waals surface area contributed by atoms with E-state index in [0.29, 0.717) is 39.4 Å². The number of alkyl halides is 1. The first-order valence-electron chi connectivity index (χ1n) is 6.99. The van der Waals surface area contributed by atoms with E-state index in [9.17, 15) is 9.18 Å². The molecule has 21 heavy (non-hydrogen) atoms. The molecule has 0 aliphatic rings. The minimum Gasteiger partial charge on any atom is -0.378 e. The van der Waals surface area contributed by atoms with E-state index in [2.05, 4.69) is 10.6 Å². The first-order valence-corrected chi connectivity index (χ1v) is 6.99. The fraction of sp³-hybridized carbons (Fsp3) is 0.923. The summed E-state index contributed by atoms with van der Waals surface area (Å²) in [6, 6.07) is 0. The largest absolute Gasteiger partial charge is 0.378 e. The van der Waals surface area contributed by atoms with Crippen molar-refractivity contribution in [3.05, 3.63) is 0 Å². The topological polar surface area (TPSA) is 94.8 Å². The van der Waals surface area contributed by atoms with Gasteiger partial charge in [0.05, 0.1) is 45.7 Å². The van der Waals surface area contributed by atoms with E-state index >= 15 is 0 Å². The molecule has 0 rings (SSSR count). The van der Waals surface area contributed by atoms with E-state index in [4.69, 9.17) is 19.9 Å². The molecular formula is C13H30FN3O4. The van der Waals surface area contributed by atoms with E-state index in [1.54, 1.807) is 0 Å². The number of hydrogen-bond donors (Lipinski definition) is 3. The van der Waals surface area contributed by atoms with Crippen LogP contribution in [0, 0.1) is 0 Å². The molecule has 0 heterocycles. The monoisotopic (exact) mass is 311 g/mol. The van der Waals surface area contributed by atoms with Gasteiger partial charge in [-0.3, -0.25) is 4.79 Å². The Bertz CT molecular complexity index is 214. The summed E-state index contributed by atoms with van der Waals surface area (Å²) in [5, 5.41) is 5.00. The maximum atomic E-state index is 13.0. The molecule has 8 heteroatoms. The van der Waals surface area contributed by atoms with Crippen LogP contribution in [0.15, 0.2) is 0 Å². The van der Waals surface area contributed by atoms with Gasteiger partial charge >= 0.3 is 0 Å². The molecule has 0 aliphatic carbocycles. The number of nitrogens with two attached hydrogens (primary N) is 1. The molecule has 0 radical (unpaired) electrons. The Labute approximate surface area is 126 Å². The summed E-state index contributed by atoms with van der Waals surface area (Å²) >= 11 is 0. The van der Waals surface area contributed by atoms with Crippen LogP contribution in [0.4, 0.5) is 4.39 Å². The predicted molar refractivity (Wildman–Crippen MR) is 80.1 cm³/mol. The minimum absolute atomic E-state index is 0.0360. The van der Waals surface area contributed by atoms with Crippen LogP contribution in [-0.4, -0.2) is 78.9 Å². The van der Waals surface area contributed by atoms with E-state index in [0.717, 1.165) is 0 Å². The Morgan fingerprint density at radius 2 is 1.86 bits per heavy atom. The van der Waals surface area contributed by atoms with Crippen LogP contribution in [0.3, 0.4) is 0 Å². The average molecular weight is 311 g/mol.